The molecule has 1 aromatic carbocycles. The second-order valence-corrected chi connectivity index (χ2v) is 5.81. The third-order valence-corrected chi connectivity index (χ3v) is 4.17. The second-order valence-electron chi connectivity index (χ2n) is 5.39. The molecule has 0 unspecified atom stereocenters. The molecule has 5 heteroatoms. The Morgan fingerprint density at radius 1 is 1.24 bits per heavy atom. The van der Waals surface area contributed by atoms with Gasteiger partial charge in [0, 0.05) is 29.3 Å². The first-order valence-electron chi connectivity index (χ1n) is 7.02. The molecule has 0 bridgehead atoms. The topological polar surface area (TPSA) is 42.3 Å². The molecule has 1 fully saturated rings. The predicted molar refractivity (Wildman–Crippen MR) is 84.3 cm³/mol. The molecule has 0 saturated heterocycles. The van der Waals surface area contributed by atoms with Gasteiger partial charge in [0.25, 0.3) is 0 Å². The molecule has 1 saturated carbocycles. The number of hydrogen-bond acceptors (Lipinski definition) is 3. The Morgan fingerprint density at radius 3 is 2.67 bits per heavy atom. The van der Waals surface area contributed by atoms with Crippen molar-refractivity contribution in [2.45, 2.75) is 18.8 Å². The van der Waals surface area contributed by atoms with Crippen LogP contribution < -0.4 is 4.74 Å². The van der Waals surface area contributed by atoms with Gasteiger partial charge in [-0.25, -0.2) is 9.50 Å². The number of aromatic amines is 1. The fraction of sp³-hybridized carbons (Fsp3) is 0.250. The molecule has 106 valence electrons. The number of H-pyrrole nitrogens is 1. The van der Waals surface area contributed by atoms with Crippen molar-refractivity contribution in [3.8, 4) is 17.0 Å². The lowest BCUT2D eigenvalue weighted by Crippen LogP contribution is -1.94. The number of ether oxygens (including phenoxy) is 1. The van der Waals surface area contributed by atoms with Crippen LogP contribution in [0.5, 0.6) is 5.75 Å². The Balaban J connectivity index is 1.82. The summed E-state index contributed by atoms with van der Waals surface area (Å²) in [5.74, 6) is 1.50. The van der Waals surface area contributed by atoms with Crippen LogP contribution in [-0.2, 0) is 0 Å². The lowest BCUT2D eigenvalue weighted by Gasteiger charge is -2.04. The predicted octanol–water partition coefficient (Wildman–Crippen LogP) is 3.94. The van der Waals surface area contributed by atoms with E-state index in [9.17, 15) is 0 Å². The van der Waals surface area contributed by atoms with E-state index < -0.39 is 0 Å². The van der Waals surface area contributed by atoms with Gasteiger partial charge in [0.05, 0.1) is 12.8 Å². The Hall–Kier alpha value is -2.14. The molecule has 0 aliphatic heterocycles. The molecule has 2 aromatic heterocycles. The van der Waals surface area contributed by atoms with E-state index in [2.05, 4.69) is 11.2 Å². The largest absolute Gasteiger partial charge is 0.497 e. The summed E-state index contributed by atoms with van der Waals surface area (Å²) in [4.78, 5) is 4.72. The van der Waals surface area contributed by atoms with Crippen molar-refractivity contribution in [1.29, 1.82) is 0 Å². The zero-order valence-corrected chi connectivity index (χ0v) is 12.5. The lowest BCUT2D eigenvalue weighted by molar-refractivity contribution is 0.415. The summed E-state index contributed by atoms with van der Waals surface area (Å²) < 4.78 is 7.82. The number of methoxy groups -OCH3 is 1. The normalized spacial score (nSPS) is 14.5. The van der Waals surface area contributed by atoms with Crippen molar-refractivity contribution in [2.75, 3.05) is 7.11 Å². The Kier molecular flexibility index (Phi) is 2.82. The minimum atomic E-state index is 0.658. The molecule has 4 nitrogen and oxygen atoms in total. The van der Waals surface area contributed by atoms with E-state index in [4.69, 9.17) is 21.9 Å². The van der Waals surface area contributed by atoms with E-state index >= 15 is 0 Å². The average Bonchev–Trinajstić information content (AvgIpc) is 3.27. The van der Waals surface area contributed by atoms with Crippen LogP contribution in [0.15, 0.2) is 36.4 Å². The molecule has 1 N–H and O–H groups in total. The fourth-order valence-corrected chi connectivity index (χ4v) is 2.77. The minimum absolute atomic E-state index is 0.658. The van der Waals surface area contributed by atoms with Crippen LogP contribution in [0.4, 0.5) is 0 Å². The number of benzene rings is 1. The smallest absolute Gasteiger partial charge is 0.155 e. The highest BCUT2D eigenvalue weighted by molar-refractivity contribution is 7.71. The van der Waals surface area contributed by atoms with Gasteiger partial charge >= 0.3 is 0 Å². The van der Waals surface area contributed by atoms with Crippen molar-refractivity contribution < 1.29 is 4.74 Å². The van der Waals surface area contributed by atoms with Gasteiger partial charge in [0.15, 0.2) is 5.65 Å². The van der Waals surface area contributed by atoms with Crippen molar-refractivity contribution in [3.05, 3.63) is 46.7 Å². The van der Waals surface area contributed by atoms with E-state index in [0.717, 1.165) is 27.3 Å². The van der Waals surface area contributed by atoms with Crippen LogP contribution in [0.1, 0.15) is 24.5 Å². The van der Waals surface area contributed by atoms with Crippen LogP contribution in [0.2, 0.25) is 0 Å². The maximum Gasteiger partial charge on any atom is 0.155 e. The number of nitrogens with zero attached hydrogens (tertiary/aromatic N) is 2. The van der Waals surface area contributed by atoms with Crippen LogP contribution in [0, 0.1) is 4.64 Å². The molecule has 21 heavy (non-hydrogen) atoms. The average molecular weight is 297 g/mol. The molecular weight excluding hydrogens is 282 g/mol. The van der Waals surface area contributed by atoms with Gasteiger partial charge in [0.2, 0.25) is 0 Å². The highest BCUT2D eigenvalue weighted by Gasteiger charge is 2.25. The SMILES string of the molecule is COc1ccc(-c2cc(=S)n3[nH]c(C4CC4)cc3n2)cc1. The van der Waals surface area contributed by atoms with Gasteiger partial charge in [-0.1, -0.05) is 12.2 Å². The van der Waals surface area contributed by atoms with E-state index in [0.29, 0.717) is 5.92 Å². The second kappa shape index (κ2) is 4.70. The first-order valence-corrected chi connectivity index (χ1v) is 7.42. The van der Waals surface area contributed by atoms with Gasteiger partial charge < -0.3 is 4.74 Å². The molecule has 0 atom stereocenters. The quantitative estimate of drug-likeness (QED) is 0.744. The Bertz CT molecular complexity index is 859. The Morgan fingerprint density at radius 2 is 2.00 bits per heavy atom. The highest BCUT2D eigenvalue weighted by atomic mass is 32.1. The molecule has 2 heterocycles. The van der Waals surface area contributed by atoms with Crippen LogP contribution in [-0.4, -0.2) is 21.7 Å². The van der Waals surface area contributed by atoms with Gasteiger partial charge in [0.1, 0.15) is 10.4 Å². The van der Waals surface area contributed by atoms with E-state index in [1.807, 2.05) is 34.8 Å². The molecular formula is C16H15N3OS. The molecule has 0 amide bonds. The Labute approximate surface area is 127 Å². The molecule has 4 rings (SSSR count). The number of rotatable bonds is 3. The van der Waals surface area contributed by atoms with E-state index in [1.54, 1.807) is 7.11 Å². The summed E-state index contributed by atoms with van der Waals surface area (Å²) in [5, 5.41) is 3.35. The number of nitrogens with one attached hydrogen (secondary N) is 1. The molecule has 0 radical (unpaired) electrons. The monoisotopic (exact) mass is 297 g/mol. The first kappa shape index (κ1) is 12.6. The van der Waals surface area contributed by atoms with Crippen molar-refractivity contribution in [2.24, 2.45) is 0 Å². The van der Waals surface area contributed by atoms with E-state index in [1.165, 1.54) is 18.5 Å². The number of fused-ring (bicyclic) bond motifs is 1. The summed E-state index contributed by atoms with van der Waals surface area (Å²) >= 11 is 5.48. The van der Waals surface area contributed by atoms with Gasteiger partial charge in [-0.2, -0.15) is 0 Å². The fourth-order valence-electron chi connectivity index (χ4n) is 2.52. The third kappa shape index (κ3) is 2.23. The molecule has 0 spiro atoms. The maximum atomic E-state index is 5.48. The summed E-state index contributed by atoms with van der Waals surface area (Å²) in [6.45, 7) is 0. The zero-order valence-electron chi connectivity index (χ0n) is 11.7. The molecule has 1 aliphatic rings. The summed E-state index contributed by atoms with van der Waals surface area (Å²) in [6.07, 6.45) is 2.51. The van der Waals surface area contributed by atoms with Crippen LogP contribution in [0.3, 0.4) is 0 Å². The maximum absolute atomic E-state index is 5.48. The molecule has 1 aliphatic carbocycles. The van der Waals surface area contributed by atoms with Gasteiger partial charge in [-0.15, -0.1) is 0 Å². The number of hydrogen-bond donors (Lipinski definition) is 1. The van der Waals surface area contributed by atoms with Crippen molar-refractivity contribution in [1.82, 2.24) is 14.6 Å². The van der Waals surface area contributed by atoms with Crippen molar-refractivity contribution >= 4 is 17.9 Å². The minimum Gasteiger partial charge on any atom is -0.497 e. The van der Waals surface area contributed by atoms with Gasteiger partial charge in [-0.3, -0.25) is 5.10 Å². The molecule has 3 aromatic rings. The summed E-state index contributed by atoms with van der Waals surface area (Å²) in [6, 6.07) is 11.9. The first-order chi connectivity index (χ1) is 10.2. The zero-order chi connectivity index (χ0) is 14.4. The van der Waals surface area contributed by atoms with Crippen LogP contribution >= 0.6 is 12.2 Å². The highest BCUT2D eigenvalue weighted by Crippen LogP contribution is 2.39. The summed E-state index contributed by atoms with van der Waals surface area (Å²) in [5.41, 5.74) is 4.05. The van der Waals surface area contributed by atoms with Gasteiger partial charge in [-0.05, 0) is 37.1 Å². The number of aromatic nitrogens is 3. The summed E-state index contributed by atoms with van der Waals surface area (Å²) in [7, 11) is 1.66. The van der Waals surface area contributed by atoms with Crippen molar-refractivity contribution in [3.63, 3.8) is 0 Å². The lowest BCUT2D eigenvalue weighted by atomic mass is 10.1. The van der Waals surface area contributed by atoms with Crippen LogP contribution in [0.25, 0.3) is 16.9 Å². The third-order valence-electron chi connectivity index (χ3n) is 3.87. The standard InChI is InChI=1S/C16H15N3OS/c1-20-12-6-4-10(5-7-12)13-9-16(21)19-15(17-13)8-14(18-19)11-2-3-11/h4-9,11,18H,2-3H2,1H3. The van der Waals surface area contributed by atoms with E-state index in [-0.39, 0.29) is 0 Å².